The second-order valence-electron chi connectivity index (χ2n) is 3.92. The molecular formula is C10H19N3O. The average molecular weight is 197 g/mol. The Morgan fingerprint density at radius 1 is 1.43 bits per heavy atom. The van der Waals surface area contributed by atoms with Crippen LogP contribution in [-0.2, 0) is 4.74 Å². The fourth-order valence-corrected chi connectivity index (χ4v) is 1.58. The predicted molar refractivity (Wildman–Crippen MR) is 54.9 cm³/mol. The van der Waals surface area contributed by atoms with E-state index in [0.29, 0.717) is 6.04 Å². The predicted octanol–water partition coefficient (Wildman–Crippen LogP) is 0.209. The highest BCUT2D eigenvalue weighted by molar-refractivity contribution is 4.93. The highest BCUT2D eigenvalue weighted by Gasteiger charge is 2.16. The first-order valence-corrected chi connectivity index (χ1v) is 5.18. The molecule has 1 N–H and O–H groups in total. The quantitative estimate of drug-likeness (QED) is 0.700. The molecule has 1 aliphatic heterocycles. The zero-order chi connectivity index (χ0) is 10.4. The molecule has 0 spiro atoms. The Morgan fingerprint density at radius 3 is 2.57 bits per heavy atom. The van der Waals surface area contributed by atoms with Crippen molar-refractivity contribution in [2.45, 2.75) is 25.9 Å². The summed E-state index contributed by atoms with van der Waals surface area (Å²) >= 11 is 0. The lowest BCUT2D eigenvalue weighted by molar-refractivity contribution is 0.0356. The second kappa shape index (κ2) is 5.97. The van der Waals surface area contributed by atoms with Gasteiger partial charge >= 0.3 is 0 Å². The number of nitriles is 1. The molecule has 0 aromatic rings. The molecule has 1 atom stereocenters. The Kier molecular flexibility index (Phi) is 4.88. The molecule has 1 aliphatic rings. The van der Waals surface area contributed by atoms with Gasteiger partial charge in [0.1, 0.15) is 6.04 Å². The molecule has 1 rings (SSSR count). The molecule has 0 radical (unpaired) electrons. The third kappa shape index (κ3) is 4.05. The normalized spacial score (nSPS) is 20.7. The van der Waals surface area contributed by atoms with Gasteiger partial charge in [0.15, 0.2) is 0 Å². The van der Waals surface area contributed by atoms with E-state index in [9.17, 15) is 0 Å². The van der Waals surface area contributed by atoms with Gasteiger partial charge in [-0.1, -0.05) is 0 Å². The van der Waals surface area contributed by atoms with Gasteiger partial charge in [0, 0.05) is 25.7 Å². The minimum atomic E-state index is -0.0619. The Bertz CT molecular complexity index is 194. The summed E-state index contributed by atoms with van der Waals surface area (Å²) in [6.07, 6.45) is 0. The number of hydrogen-bond acceptors (Lipinski definition) is 4. The van der Waals surface area contributed by atoms with E-state index in [1.165, 1.54) is 0 Å². The van der Waals surface area contributed by atoms with Crippen molar-refractivity contribution in [2.24, 2.45) is 0 Å². The Morgan fingerprint density at radius 2 is 2.07 bits per heavy atom. The van der Waals surface area contributed by atoms with Crippen LogP contribution >= 0.6 is 0 Å². The van der Waals surface area contributed by atoms with Gasteiger partial charge in [-0.2, -0.15) is 5.26 Å². The van der Waals surface area contributed by atoms with Gasteiger partial charge in [0.2, 0.25) is 0 Å². The van der Waals surface area contributed by atoms with Crippen molar-refractivity contribution < 1.29 is 4.74 Å². The molecule has 0 amide bonds. The van der Waals surface area contributed by atoms with Crippen molar-refractivity contribution in [3.05, 3.63) is 0 Å². The first-order valence-electron chi connectivity index (χ1n) is 5.18. The van der Waals surface area contributed by atoms with E-state index in [0.717, 1.165) is 32.8 Å². The number of rotatable bonds is 4. The summed E-state index contributed by atoms with van der Waals surface area (Å²) in [6, 6.07) is 2.59. The maximum atomic E-state index is 8.94. The molecule has 14 heavy (non-hydrogen) atoms. The Labute approximate surface area is 85.8 Å². The summed E-state index contributed by atoms with van der Waals surface area (Å²) in [6.45, 7) is 8.39. The van der Waals surface area contributed by atoms with Crippen molar-refractivity contribution in [2.75, 3.05) is 32.8 Å². The summed E-state index contributed by atoms with van der Waals surface area (Å²) < 4.78 is 5.25. The lowest BCUT2D eigenvalue weighted by Gasteiger charge is -2.29. The molecule has 4 nitrogen and oxygen atoms in total. The first kappa shape index (κ1) is 11.4. The van der Waals surface area contributed by atoms with Crippen molar-refractivity contribution in [1.82, 2.24) is 10.2 Å². The highest BCUT2D eigenvalue weighted by Crippen LogP contribution is 1.98. The topological polar surface area (TPSA) is 48.3 Å². The number of morpholine rings is 1. The molecule has 1 fully saturated rings. The smallest absolute Gasteiger partial charge is 0.108 e. The van der Waals surface area contributed by atoms with E-state index < -0.39 is 0 Å². The van der Waals surface area contributed by atoms with Crippen LogP contribution in [0.1, 0.15) is 13.8 Å². The average Bonchev–Trinajstić information content (AvgIpc) is 2.17. The van der Waals surface area contributed by atoms with Gasteiger partial charge < -0.3 is 4.74 Å². The van der Waals surface area contributed by atoms with E-state index in [4.69, 9.17) is 10.00 Å². The molecule has 0 aliphatic carbocycles. The standard InChI is InChI=1S/C10H19N3O/c1-9(2)12-10(7-11)8-13-3-5-14-6-4-13/h9-10,12H,3-6,8H2,1-2H3. The van der Waals surface area contributed by atoms with Gasteiger partial charge in [0.25, 0.3) is 0 Å². The fourth-order valence-electron chi connectivity index (χ4n) is 1.58. The van der Waals surface area contributed by atoms with Crippen molar-refractivity contribution in [3.63, 3.8) is 0 Å². The maximum absolute atomic E-state index is 8.94. The largest absolute Gasteiger partial charge is 0.379 e. The van der Waals surface area contributed by atoms with E-state index >= 15 is 0 Å². The monoisotopic (exact) mass is 197 g/mol. The highest BCUT2D eigenvalue weighted by atomic mass is 16.5. The summed E-state index contributed by atoms with van der Waals surface area (Å²) in [5.74, 6) is 0. The summed E-state index contributed by atoms with van der Waals surface area (Å²) in [5.41, 5.74) is 0. The van der Waals surface area contributed by atoms with E-state index in [1.54, 1.807) is 0 Å². The van der Waals surface area contributed by atoms with Crippen molar-refractivity contribution in [3.8, 4) is 6.07 Å². The summed E-state index contributed by atoms with van der Waals surface area (Å²) in [4.78, 5) is 2.27. The molecule has 1 heterocycles. The zero-order valence-corrected chi connectivity index (χ0v) is 8.99. The van der Waals surface area contributed by atoms with Gasteiger partial charge in [-0.05, 0) is 13.8 Å². The fraction of sp³-hybridized carbons (Fsp3) is 0.900. The minimum absolute atomic E-state index is 0.0619. The molecule has 1 saturated heterocycles. The summed E-state index contributed by atoms with van der Waals surface area (Å²) in [7, 11) is 0. The van der Waals surface area contributed by atoms with Crippen LogP contribution in [0.3, 0.4) is 0 Å². The first-order chi connectivity index (χ1) is 6.72. The number of nitrogens with zero attached hydrogens (tertiary/aromatic N) is 2. The Balaban J connectivity index is 2.28. The van der Waals surface area contributed by atoms with Crippen LogP contribution < -0.4 is 5.32 Å². The van der Waals surface area contributed by atoms with Gasteiger partial charge in [-0.15, -0.1) is 0 Å². The molecular weight excluding hydrogens is 178 g/mol. The molecule has 0 bridgehead atoms. The number of ether oxygens (including phenoxy) is 1. The van der Waals surface area contributed by atoms with Gasteiger partial charge in [-0.25, -0.2) is 0 Å². The van der Waals surface area contributed by atoms with Crippen molar-refractivity contribution >= 4 is 0 Å². The second-order valence-corrected chi connectivity index (χ2v) is 3.92. The maximum Gasteiger partial charge on any atom is 0.108 e. The van der Waals surface area contributed by atoms with E-state index in [-0.39, 0.29) is 6.04 Å². The van der Waals surface area contributed by atoms with Gasteiger partial charge in [-0.3, -0.25) is 10.2 Å². The van der Waals surface area contributed by atoms with Crippen molar-refractivity contribution in [1.29, 1.82) is 5.26 Å². The van der Waals surface area contributed by atoms with Crippen LogP contribution in [0.4, 0.5) is 0 Å². The Hall–Kier alpha value is -0.630. The van der Waals surface area contributed by atoms with Gasteiger partial charge in [0.05, 0.1) is 19.3 Å². The van der Waals surface area contributed by atoms with Crippen LogP contribution in [0.15, 0.2) is 0 Å². The summed E-state index contributed by atoms with van der Waals surface area (Å²) in [5, 5.41) is 12.2. The minimum Gasteiger partial charge on any atom is -0.379 e. The number of nitrogens with one attached hydrogen (secondary N) is 1. The van der Waals surface area contributed by atoms with Crippen LogP contribution in [-0.4, -0.2) is 49.8 Å². The zero-order valence-electron chi connectivity index (χ0n) is 8.99. The lowest BCUT2D eigenvalue weighted by Crippen LogP contribution is -2.46. The van der Waals surface area contributed by atoms with Crippen LogP contribution in [0, 0.1) is 11.3 Å². The molecule has 80 valence electrons. The van der Waals surface area contributed by atoms with Crippen LogP contribution in [0.25, 0.3) is 0 Å². The van der Waals surface area contributed by atoms with E-state index in [2.05, 4.69) is 30.1 Å². The SMILES string of the molecule is CC(C)NC(C#N)CN1CCOCC1. The molecule has 0 aromatic carbocycles. The van der Waals surface area contributed by atoms with Crippen LogP contribution in [0.2, 0.25) is 0 Å². The third-order valence-electron chi connectivity index (χ3n) is 2.23. The van der Waals surface area contributed by atoms with E-state index in [1.807, 2.05) is 0 Å². The molecule has 0 saturated carbocycles. The molecule has 4 heteroatoms. The lowest BCUT2D eigenvalue weighted by atomic mass is 10.2. The van der Waals surface area contributed by atoms with Crippen LogP contribution in [0.5, 0.6) is 0 Å². The number of hydrogen-bond donors (Lipinski definition) is 1. The molecule has 0 aromatic heterocycles. The molecule has 1 unspecified atom stereocenters. The third-order valence-corrected chi connectivity index (χ3v) is 2.23.